The minimum Gasteiger partial charge on any atom is -0.350 e. The predicted molar refractivity (Wildman–Crippen MR) is 139 cm³/mol. The molecule has 2 saturated heterocycles. The average molecular weight is 530 g/mol. The number of urea groups is 2. The van der Waals surface area contributed by atoms with Crippen LogP contribution in [0.3, 0.4) is 0 Å². The Morgan fingerprint density at radius 1 is 1.17 bits per heavy atom. The summed E-state index contributed by atoms with van der Waals surface area (Å²) in [6, 6.07) is 12.2. The second-order valence-electron chi connectivity index (χ2n) is 9.45. The number of anilines is 1. The number of halogens is 1. The van der Waals surface area contributed by atoms with Crippen LogP contribution in [-0.2, 0) is 16.0 Å². The van der Waals surface area contributed by atoms with Crippen LogP contribution in [0.25, 0.3) is 10.2 Å². The molecule has 36 heavy (non-hydrogen) atoms. The van der Waals surface area contributed by atoms with Crippen molar-refractivity contribution in [3.63, 3.8) is 0 Å². The predicted octanol–water partition coefficient (Wildman–Crippen LogP) is 5.00. The van der Waals surface area contributed by atoms with Gasteiger partial charge in [0.05, 0.1) is 35.0 Å². The van der Waals surface area contributed by atoms with Crippen LogP contribution in [0.4, 0.5) is 15.3 Å². The van der Waals surface area contributed by atoms with Gasteiger partial charge in [-0.1, -0.05) is 23.7 Å². The maximum absolute atomic E-state index is 13.7. The zero-order valence-corrected chi connectivity index (χ0v) is 21.9. The fourth-order valence-electron chi connectivity index (χ4n) is 4.22. The molecule has 2 N–H and O–H groups in total. The molecule has 5 rings (SSSR count). The Hall–Kier alpha value is -2.92. The summed E-state index contributed by atoms with van der Waals surface area (Å²) in [5.74, 6) is -0.788. The van der Waals surface area contributed by atoms with Crippen molar-refractivity contribution in [2.24, 2.45) is 5.92 Å². The molecule has 4 amide bonds. The summed E-state index contributed by atoms with van der Waals surface area (Å²) in [5.41, 5.74) is 2.57. The summed E-state index contributed by atoms with van der Waals surface area (Å²) in [5, 5.41) is 7.84. The van der Waals surface area contributed by atoms with Gasteiger partial charge in [-0.15, -0.1) is 11.3 Å². The van der Waals surface area contributed by atoms with Gasteiger partial charge >= 0.3 is 12.1 Å². The van der Waals surface area contributed by atoms with Crippen molar-refractivity contribution in [2.75, 3.05) is 25.1 Å². The normalized spacial score (nSPS) is 20.6. The zero-order chi connectivity index (χ0) is 25.4. The van der Waals surface area contributed by atoms with Crippen LogP contribution in [0.1, 0.15) is 24.4 Å². The van der Waals surface area contributed by atoms with Crippen molar-refractivity contribution in [1.29, 1.82) is 0 Å². The van der Waals surface area contributed by atoms with Crippen molar-refractivity contribution < 1.29 is 19.1 Å². The molecule has 2 aliphatic heterocycles. The largest absolute Gasteiger partial charge is 0.350 e. The lowest BCUT2D eigenvalue weighted by atomic mass is 10.1. The van der Waals surface area contributed by atoms with E-state index in [9.17, 15) is 9.59 Å². The van der Waals surface area contributed by atoms with Crippen LogP contribution < -0.4 is 10.6 Å². The number of nitrogens with one attached hydrogen (secondary N) is 2. The Morgan fingerprint density at radius 3 is 2.61 bits per heavy atom. The summed E-state index contributed by atoms with van der Waals surface area (Å²) in [6.07, 6.45) is -0.749. The molecule has 0 saturated carbocycles. The zero-order valence-electron chi connectivity index (χ0n) is 20.3. The number of imide groups is 1. The number of nitrogens with zero attached hydrogens (tertiary/aromatic N) is 3. The number of amides is 4. The van der Waals surface area contributed by atoms with Gasteiger partial charge in [0, 0.05) is 23.2 Å². The van der Waals surface area contributed by atoms with Crippen molar-refractivity contribution in [1.82, 2.24) is 20.1 Å². The van der Waals surface area contributed by atoms with E-state index in [0.29, 0.717) is 18.2 Å². The van der Waals surface area contributed by atoms with E-state index >= 15 is 0 Å². The van der Waals surface area contributed by atoms with E-state index in [-0.39, 0.29) is 19.0 Å². The van der Waals surface area contributed by atoms with Crippen LogP contribution in [0.15, 0.2) is 42.5 Å². The monoisotopic (exact) mass is 529 g/mol. The molecule has 0 aliphatic carbocycles. The first-order valence-electron chi connectivity index (χ1n) is 11.7. The molecule has 0 spiro atoms. The van der Waals surface area contributed by atoms with E-state index in [1.165, 1.54) is 4.90 Å². The highest BCUT2D eigenvalue weighted by atomic mass is 35.5. The van der Waals surface area contributed by atoms with Crippen LogP contribution in [0.5, 0.6) is 0 Å². The molecular formula is C25H28ClN5O4S. The standard InChI is InChI=1S/C25H28ClN5O4S/c1-15-27-20-9-8-19(10-21(20)36-15)28-22-29-23(32)31(12-17-13-34-25(2,3)35-14-17)24(33)30(22)11-16-4-6-18(26)7-5-16/h4-10,17,22,28H,11-14H2,1-3H3,(H,29,32). The molecule has 11 heteroatoms. The van der Waals surface area contributed by atoms with Gasteiger partial charge in [0.2, 0.25) is 0 Å². The van der Waals surface area contributed by atoms with Crippen molar-refractivity contribution in [3.8, 4) is 0 Å². The molecule has 0 radical (unpaired) electrons. The Balaban J connectivity index is 1.37. The van der Waals surface area contributed by atoms with E-state index < -0.39 is 24.1 Å². The van der Waals surface area contributed by atoms with E-state index in [1.807, 2.05) is 51.1 Å². The molecule has 2 aromatic carbocycles. The topological polar surface area (TPSA) is 96.0 Å². The first-order valence-corrected chi connectivity index (χ1v) is 12.9. The summed E-state index contributed by atoms with van der Waals surface area (Å²) in [4.78, 5) is 34.1. The lowest BCUT2D eigenvalue weighted by Gasteiger charge is -2.43. The number of carbonyl (C=O) groups is 2. The van der Waals surface area contributed by atoms with Gasteiger partial charge in [-0.2, -0.15) is 0 Å². The molecule has 1 unspecified atom stereocenters. The van der Waals surface area contributed by atoms with Crippen molar-refractivity contribution >= 4 is 50.9 Å². The highest BCUT2D eigenvalue weighted by Gasteiger charge is 2.40. The van der Waals surface area contributed by atoms with Gasteiger partial charge < -0.3 is 14.8 Å². The van der Waals surface area contributed by atoms with Gasteiger partial charge in [0.15, 0.2) is 12.1 Å². The molecular weight excluding hydrogens is 502 g/mol. The first kappa shape index (κ1) is 24.8. The first-order chi connectivity index (χ1) is 17.2. The SMILES string of the molecule is Cc1nc2ccc(NC3NC(=O)N(CC4COC(C)(C)OC4)C(=O)N3Cc3ccc(Cl)cc3)cc2s1. The number of benzene rings is 2. The van der Waals surface area contributed by atoms with Crippen molar-refractivity contribution in [2.45, 2.75) is 39.4 Å². The Kier molecular flexibility index (Phi) is 6.78. The van der Waals surface area contributed by atoms with Crippen LogP contribution in [-0.4, -0.2) is 58.7 Å². The number of hydrogen-bond acceptors (Lipinski definition) is 7. The smallest absolute Gasteiger partial charge is 0.331 e. The Morgan fingerprint density at radius 2 is 1.89 bits per heavy atom. The molecule has 1 aromatic heterocycles. The molecule has 2 aliphatic rings. The van der Waals surface area contributed by atoms with Crippen LogP contribution in [0.2, 0.25) is 5.02 Å². The third-order valence-electron chi connectivity index (χ3n) is 6.13. The van der Waals surface area contributed by atoms with Gasteiger partial charge in [0.25, 0.3) is 0 Å². The number of fused-ring (bicyclic) bond motifs is 1. The second kappa shape index (κ2) is 9.85. The summed E-state index contributed by atoms with van der Waals surface area (Å²) in [6.45, 7) is 6.92. The van der Waals surface area contributed by atoms with E-state index in [4.69, 9.17) is 21.1 Å². The minimum absolute atomic E-state index is 0.119. The number of thiazole rings is 1. The average Bonchev–Trinajstić information content (AvgIpc) is 3.20. The Labute approximate surface area is 218 Å². The third kappa shape index (κ3) is 5.41. The fourth-order valence-corrected chi connectivity index (χ4v) is 5.22. The summed E-state index contributed by atoms with van der Waals surface area (Å²) in [7, 11) is 0. The van der Waals surface area contributed by atoms with Gasteiger partial charge in [-0.25, -0.2) is 19.5 Å². The highest BCUT2D eigenvalue weighted by Crippen LogP contribution is 2.27. The van der Waals surface area contributed by atoms with Gasteiger partial charge in [-0.3, -0.25) is 10.2 Å². The molecule has 0 bridgehead atoms. The Bertz CT molecular complexity index is 1270. The van der Waals surface area contributed by atoms with Crippen molar-refractivity contribution in [3.05, 3.63) is 58.1 Å². The lowest BCUT2D eigenvalue weighted by Crippen LogP contribution is -2.67. The maximum Gasteiger partial charge on any atom is 0.331 e. The van der Waals surface area contributed by atoms with E-state index in [0.717, 1.165) is 26.5 Å². The highest BCUT2D eigenvalue weighted by molar-refractivity contribution is 7.18. The number of hydrogen-bond donors (Lipinski definition) is 2. The van der Waals surface area contributed by atoms with E-state index in [1.54, 1.807) is 28.4 Å². The molecule has 3 aromatic rings. The molecule has 1 atom stereocenters. The molecule has 2 fully saturated rings. The third-order valence-corrected chi connectivity index (χ3v) is 7.32. The lowest BCUT2D eigenvalue weighted by molar-refractivity contribution is -0.262. The minimum atomic E-state index is -0.749. The number of aromatic nitrogens is 1. The molecule has 190 valence electrons. The maximum atomic E-state index is 13.7. The number of aryl methyl sites for hydroxylation is 1. The number of carbonyl (C=O) groups excluding carboxylic acids is 2. The van der Waals surface area contributed by atoms with Gasteiger partial charge in [0.1, 0.15) is 0 Å². The summed E-state index contributed by atoms with van der Waals surface area (Å²) < 4.78 is 12.5. The molecule has 3 heterocycles. The number of ether oxygens (including phenoxy) is 2. The molecule has 9 nitrogen and oxygen atoms in total. The van der Waals surface area contributed by atoms with E-state index in [2.05, 4.69) is 15.6 Å². The quantitative estimate of drug-likeness (QED) is 0.466. The number of rotatable bonds is 6. The fraction of sp³-hybridized carbons (Fsp3) is 0.400. The second-order valence-corrected chi connectivity index (χ2v) is 11.1. The van der Waals surface area contributed by atoms with Gasteiger partial charge in [-0.05, 0) is 56.7 Å². The summed E-state index contributed by atoms with van der Waals surface area (Å²) >= 11 is 7.64. The van der Waals surface area contributed by atoms with Crippen LogP contribution >= 0.6 is 22.9 Å². The van der Waals surface area contributed by atoms with Crippen LogP contribution in [0, 0.1) is 12.8 Å².